The number of aryl methyl sites for hydroxylation is 1. The summed E-state index contributed by atoms with van der Waals surface area (Å²) in [6, 6.07) is 0. The van der Waals surface area contributed by atoms with E-state index in [1.165, 1.54) is 5.56 Å². The highest BCUT2D eigenvalue weighted by Crippen LogP contribution is 2.12. The van der Waals surface area contributed by atoms with Crippen molar-refractivity contribution >= 4 is 0 Å². The Hall–Kier alpha value is -0.830. The van der Waals surface area contributed by atoms with Gasteiger partial charge in [0.2, 0.25) is 0 Å². The molecule has 1 heterocycles. The topological polar surface area (TPSA) is 38.0 Å². The molecule has 0 amide bonds. The van der Waals surface area contributed by atoms with Crippen molar-refractivity contribution < 1.29 is 5.11 Å². The van der Waals surface area contributed by atoms with Gasteiger partial charge in [0, 0.05) is 26.3 Å². The molecule has 0 bridgehead atoms. The quantitative estimate of drug-likeness (QED) is 0.758. The standard InChI is InChI=1S/C10H18N2O/c1-8(2)6-9-7-12(3)11-10(9)4-5-13/h7-8,13H,4-6H2,1-3H3. The molecule has 0 atom stereocenters. The molecule has 74 valence electrons. The Morgan fingerprint density at radius 3 is 2.77 bits per heavy atom. The van der Waals surface area contributed by atoms with Gasteiger partial charge in [-0.2, -0.15) is 5.10 Å². The molecule has 0 aliphatic rings. The Morgan fingerprint density at radius 2 is 2.23 bits per heavy atom. The Morgan fingerprint density at radius 1 is 1.54 bits per heavy atom. The first-order chi connectivity index (χ1) is 6.13. The van der Waals surface area contributed by atoms with Crippen molar-refractivity contribution in [3.8, 4) is 0 Å². The number of aromatic nitrogens is 2. The predicted molar refractivity (Wildman–Crippen MR) is 52.5 cm³/mol. The summed E-state index contributed by atoms with van der Waals surface area (Å²) in [6.45, 7) is 4.56. The number of nitrogens with zero attached hydrogens (tertiary/aromatic N) is 2. The van der Waals surface area contributed by atoms with Crippen LogP contribution in [0.5, 0.6) is 0 Å². The molecule has 0 aliphatic heterocycles. The molecule has 0 fully saturated rings. The lowest BCUT2D eigenvalue weighted by molar-refractivity contribution is 0.297. The van der Waals surface area contributed by atoms with E-state index in [1.807, 2.05) is 17.9 Å². The summed E-state index contributed by atoms with van der Waals surface area (Å²) in [5.74, 6) is 0.640. The molecule has 1 aromatic rings. The van der Waals surface area contributed by atoms with Gasteiger partial charge in [0.1, 0.15) is 0 Å². The van der Waals surface area contributed by atoms with Crippen LogP contribution in [0.15, 0.2) is 6.20 Å². The number of hydrogen-bond donors (Lipinski definition) is 1. The van der Waals surface area contributed by atoms with Crippen LogP contribution in [0.3, 0.4) is 0 Å². The first kappa shape index (κ1) is 10.3. The minimum absolute atomic E-state index is 0.183. The normalized spacial score (nSPS) is 11.2. The van der Waals surface area contributed by atoms with E-state index in [0.717, 1.165) is 12.1 Å². The lowest BCUT2D eigenvalue weighted by atomic mass is 10.0. The summed E-state index contributed by atoms with van der Waals surface area (Å²) < 4.78 is 1.82. The molecule has 13 heavy (non-hydrogen) atoms. The van der Waals surface area contributed by atoms with Crippen LogP contribution in [0.25, 0.3) is 0 Å². The second-order valence-electron chi connectivity index (χ2n) is 3.85. The van der Waals surface area contributed by atoms with E-state index in [-0.39, 0.29) is 6.61 Å². The first-order valence-electron chi connectivity index (χ1n) is 4.75. The van der Waals surface area contributed by atoms with Crippen molar-refractivity contribution in [2.45, 2.75) is 26.7 Å². The fraction of sp³-hybridized carbons (Fsp3) is 0.700. The highest BCUT2D eigenvalue weighted by atomic mass is 16.3. The van der Waals surface area contributed by atoms with E-state index in [4.69, 9.17) is 5.11 Å². The SMILES string of the molecule is CC(C)Cc1cn(C)nc1CCO. The second kappa shape index (κ2) is 4.42. The number of hydrogen-bond acceptors (Lipinski definition) is 2. The fourth-order valence-electron chi connectivity index (χ4n) is 1.51. The molecular weight excluding hydrogens is 164 g/mol. The summed E-state index contributed by atoms with van der Waals surface area (Å²) in [6.07, 6.45) is 3.76. The smallest absolute Gasteiger partial charge is 0.0679 e. The molecule has 0 radical (unpaired) electrons. The third-order valence-corrected chi connectivity index (χ3v) is 1.97. The van der Waals surface area contributed by atoms with Gasteiger partial charge in [-0.3, -0.25) is 4.68 Å². The van der Waals surface area contributed by atoms with Crippen molar-refractivity contribution in [1.29, 1.82) is 0 Å². The summed E-state index contributed by atoms with van der Waals surface area (Å²) in [5.41, 5.74) is 2.31. The third kappa shape index (κ3) is 2.84. The molecule has 1 N–H and O–H groups in total. The van der Waals surface area contributed by atoms with Crippen LogP contribution in [0.2, 0.25) is 0 Å². The molecule has 3 heteroatoms. The molecule has 0 aliphatic carbocycles. The van der Waals surface area contributed by atoms with Gasteiger partial charge in [0.25, 0.3) is 0 Å². The molecule has 1 aromatic heterocycles. The van der Waals surface area contributed by atoms with Crippen LogP contribution >= 0.6 is 0 Å². The third-order valence-electron chi connectivity index (χ3n) is 1.97. The summed E-state index contributed by atoms with van der Waals surface area (Å²) >= 11 is 0. The molecule has 0 unspecified atom stereocenters. The Balaban J connectivity index is 2.77. The van der Waals surface area contributed by atoms with Crippen LogP contribution in [0, 0.1) is 5.92 Å². The number of rotatable bonds is 4. The van der Waals surface area contributed by atoms with Gasteiger partial charge in [0.05, 0.1) is 5.69 Å². The van der Waals surface area contributed by atoms with Crippen molar-refractivity contribution in [3.63, 3.8) is 0 Å². The largest absolute Gasteiger partial charge is 0.396 e. The van der Waals surface area contributed by atoms with E-state index in [0.29, 0.717) is 12.3 Å². The Bertz CT molecular complexity index is 266. The average Bonchev–Trinajstić information content (AvgIpc) is 2.31. The molecule has 0 saturated heterocycles. The average molecular weight is 182 g/mol. The molecule has 0 spiro atoms. The van der Waals surface area contributed by atoms with Crippen LogP contribution in [0.4, 0.5) is 0 Å². The molecule has 3 nitrogen and oxygen atoms in total. The summed E-state index contributed by atoms with van der Waals surface area (Å²) in [5, 5.41) is 13.1. The van der Waals surface area contributed by atoms with E-state index in [9.17, 15) is 0 Å². The lowest BCUT2D eigenvalue weighted by Gasteiger charge is -2.03. The summed E-state index contributed by atoms with van der Waals surface area (Å²) in [4.78, 5) is 0. The van der Waals surface area contributed by atoms with Gasteiger partial charge in [-0.1, -0.05) is 13.8 Å². The van der Waals surface area contributed by atoms with Crippen molar-refractivity contribution in [2.75, 3.05) is 6.61 Å². The zero-order valence-electron chi connectivity index (χ0n) is 8.62. The van der Waals surface area contributed by atoms with Gasteiger partial charge >= 0.3 is 0 Å². The highest BCUT2D eigenvalue weighted by Gasteiger charge is 2.08. The van der Waals surface area contributed by atoms with Gasteiger partial charge in [0.15, 0.2) is 0 Å². The zero-order valence-corrected chi connectivity index (χ0v) is 8.62. The predicted octanol–water partition coefficient (Wildman–Crippen LogP) is 1.15. The van der Waals surface area contributed by atoms with Crippen molar-refractivity contribution in [2.24, 2.45) is 13.0 Å². The number of aliphatic hydroxyl groups excluding tert-OH is 1. The molecule has 0 saturated carbocycles. The van der Waals surface area contributed by atoms with E-state index in [2.05, 4.69) is 18.9 Å². The maximum Gasteiger partial charge on any atom is 0.0679 e. The van der Waals surface area contributed by atoms with E-state index in [1.54, 1.807) is 0 Å². The van der Waals surface area contributed by atoms with Gasteiger partial charge in [-0.25, -0.2) is 0 Å². The lowest BCUT2D eigenvalue weighted by Crippen LogP contribution is -1.99. The van der Waals surface area contributed by atoms with Gasteiger partial charge in [-0.15, -0.1) is 0 Å². The monoisotopic (exact) mass is 182 g/mol. The Kier molecular flexibility index (Phi) is 3.48. The molecule has 1 rings (SSSR count). The zero-order chi connectivity index (χ0) is 9.84. The Labute approximate surface area is 79.4 Å². The van der Waals surface area contributed by atoms with Gasteiger partial charge < -0.3 is 5.11 Å². The first-order valence-corrected chi connectivity index (χ1v) is 4.75. The van der Waals surface area contributed by atoms with Crippen LogP contribution in [-0.2, 0) is 19.9 Å². The van der Waals surface area contributed by atoms with Crippen LogP contribution in [0.1, 0.15) is 25.1 Å². The maximum atomic E-state index is 8.84. The second-order valence-corrected chi connectivity index (χ2v) is 3.85. The minimum atomic E-state index is 0.183. The van der Waals surface area contributed by atoms with E-state index >= 15 is 0 Å². The van der Waals surface area contributed by atoms with Gasteiger partial charge in [-0.05, 0) is 17.9 Å². The maximum absolute atomic E-state index is 8.84. The molecular formula is C10H18N2O. The van der Waals surface area contributed by atoms with E-state index < -0.39 is 0 Å². The fourth-order valence-corrected chi connectivity index (χ4v) is 1.51. The van der Waals surface area contributed by atoms with Crippen LogP contribution < -0.4 is 0 Å². The van der Waals surface area contributed by atoms with Crippen molar-refractivity contribution in [3.05, 3.63) is 17.5 Å². The highest BCUT2D eigenvalue weighted by molar-refractivity contribution is 5.17. The minimum Gasteiger partial charge on any atom is -0.396 e. The van der Waals surface area contributed by atoms with Crippen LogP contribution in [-0.4, -0.2) is 21.5 Å². The number of aliphatic hydroxyl groups is 1. The summed E-state index contributed by atoms with van der Waals surface area (Å²) in [7, 11) is 1.92. The van der Waals surface area contributed by atoms with Crippen molar-refractivity contribution in [1.82, 2.24) is 9.78 Å². The molecule has 0 aromatic carbocycles.